The van der Waals surface area contributed by atoms with Gasteiger partial charge in [0, 0.05) is 30.9 Å². The summed E-state index contributed by atoms with van der Waals surface area (Å²) in [5.41, 5.74) is 1.38. The van der Waals surface area contributed by atoms with Crippen molar-refractivity contribution in [3.63, 3.8) is 0 Å². The first-order valence-corrected chi connectivity index (χ1v) is 11.9. The van der Waals surface area contributed by atoms with Crippen LogP contribution in [-0.2, 0) is 18.4 Å². The van der Waals surface area contributed by atoms with Crippen LogP contribution in [0.2, 0.25) is 0 Å². The molecule has 10 heteroatoms. The largest absolute Gasteiger partial charge is 0.573 e. The Labute approximate surface area is 221 Å². The molecule has 39 heavy (non-hydrogen) atoms. The van der Waals surface area contributed by atoms with Crippen molar-refractivity contribution in [2.45, 2.75) is 31.1 Å². The van der Waals surface area contributed by atoms with Gasteiger partial charge in [0.1, 0.15) is 11.5 Å². The Kier molecular flexibility index (Phi) is 8.44. The molecule has 0 bridgehead atoms. The van der Waals surface area contributed by atoms with E-state index in [0.717, 1.165) is 11.1 Å². The predicted molar refractivity (Wildman–Crippen MR) is 133 cm³/mol. The summed E-state index contributed by atoms with van der Waals surface area (Å²) in [4.78, 5) is 4.09. The third kappa shape index (κ3) is 7.97. The molecular weight excluding hydrogens is 522 g/mol. The minimum absolute atomic E-state index is 0.154. The van der Waals surface area contributed by atoms with E-state index in [4.69, 9.17) is 0 Å². The van der Waals surface area contributed by atoms with Gasteiger partial charge in [-0.2, -0.15) is 0 Å². The van der Waals surface area contributed by atoms with E-state index in [1.165, 1.54) is 36.4 Å². The van der Waals surface area contributed by atoms with Crippen LogP contribution in [0.1, 0.15) is 22.3 Å². The standard InChI is InChI=1S/C29H24F6N2O2/c30-28(31,32)38-25-12-4-10-23(15-25)27(17-21-7-2-1-3-8-21,20-37-19-22-9-6-14-36-18-22)24-11-5-13-26(16-24)39-29(33,34)35/h1-16,18,37H,17,19-20H2. The minimum atomic E-state index is -4.92. The van der Waals surface area contributed by atoms with E-state index in [0.29, 0.717) is 17.7 Å². The van der Waals surface area contributed by atoms with Crippen LogP contribution in [0.5, 0.6) is 11.5 Å². The molecule has 0 atom stereocenters. The zero-order valence-corrected chi connectivity index (χ0v) is 20.5. The van der Waals surface area contributed by atoms with Crippen LogP contribution in [0.25, 0.3) is 0 Å². The Morgan fingerprint density at radius 1 is 0.641 bits per heavy atom. The second kappa shape index (κ2) is 11.8. The molecule has 4 nitrogen and oxygen atoms in total. The molecule has 1 aromatic heterocycles. The average molecular weight is 547 g/mol. The molecule has 0 aliphatic rings. The van der Waals surface area contributed by atoms with E-state index >= 15 is 0 Å². The van der Waals surface area contributed by atoms with Crippen molar-refractivity contribution in [2.24, 2.45) is 0 Å². The molecular formula is C29H24F6N2O2. The maximum Gasteiger partial charge on any atom is 0.573 e. The number of hydrogen-bond acceptors (Lipinski definition) is 4. The summed E-state index contributed by atoms with van der Waals surface area (Å²) >= 11 is 0. The van der Waals surface area contributed by atoms with Gasteiger partial charge in [-0.3, -0.25) is 4.98 Å². The number of aromatic nitrogens is 1. The molecule has 0 aliphatic heterocycles. The normalized spacial score (nSPS) is 12.3. The monoisotopic (exact) mass is 546 g/mol. The lowest BCUT2D eigenvalue weighted by atomic mass is 9.70. The van der Waals surface area contributed by atoms with Crippen molar-refractivity contribution >= 4 is 0 Å². The number of halogens is 6. The molecule has 0 unspecified atom stereocenters. The summed E-state index contributed by atoms with van der Waals surface area (Å²) in [6.45, 7) is 0.517. The van der Waals surface area contributed by atoms with Gasteiger partial charge in [-0.05, 0) is 59.0 Å². The topological polar surface area (TPSA) is 43.4 Å². The SMILES string of the molecule is FC(F)(F)Oc1cccc(C(CNCc2cccnc2)(Cc2ccccc2)c2cccc(OC(F)(F)F)c2)c1. The molecule has 1 heterocycles. The molecule has 4 rings (SSSR count). The Balaban J connectivity index is 1.84. The molecule has 0 saturated carbocycles. The predicted octanol–water partition coefficient (Wildman–Crippen LogP) is 7.20. The Morgan fingerprint density at radius 3 is 1.72 bits per heavy atom. The van der Waals surface area contributed by atoms with Gasteiger partial charge in [-0.1, -0.05) is 60.7 Å². The minimum Gasteiger partial charge on any atom is -0.406 e. The van der Waals surface area contributed by atoms with Crippen LogP contribution < -0.4 is 14.8 Å². The van der Waals surface area contributed by atoms with Gasteiger partial charge in [0.25, 0.3) is 0 Å². The molecule has 3 aromatic carbocycles. The fraction of sp³-hybridized carbons (Fsp3) is 0.207. The number of nitrogens with one attached hydrogen (secondary N) is 1. The molecule has 0 fully saturated rings. The third-order valence-electron chi connectivity index (χ3n) is 6.07. The number of benzene rings is 3. The summed E-state index contributed by atoms with van der Waals surface area (Å²) in [5, 5.41) is 3.33. The molecule has 0 amide bonds. The molecule has 204 valence electrons. The molecule has 0 saturated heterocycles. The van der Waals surface area contributed by atoms with Crippen LogP contribution >= 0.6 is 0 Å². The van der Waals surface area contributed by atoms with Gasteiger partial charge in [-0.25, -0.2) is 0 Å². The number of rotatable bonds is 10. The third-order valence-corrected chi connectivity index (χ3v) is 6.07. The first kappa shape index (κ1) is 28.0. The van der Waals surface area contributed by atoms with E-state index in [1.54, 1.807) is 30.6 Å². The highest BCUT2D eigenvalue weighted by molar-refractivity contribution is 5.47. The van der Waals surface area contributed by atoms with Gasteiger partial charge >= 0.3 is 12.7 Å². The summed E-state index contributed by atoms with van der Waals surface area (Å²) in [6.07, 6.45) is -6.29. The number of ether oxygens (including phenoxy) is 2. The second-order valence-corrected chi connectivity index (χ2v) is 8.86. The van der Waals surface area contributed by atoms with E-state index < -0.39 is 29.6 Å². The van der Waals surface area contributed by atoms with Gasteiger partial charge in [0.2, 0.25) is 0 Å². The number of alkyl halides is 6. The summed E-state index contributed by atoms with van der Waals surface area (Å²) in [6, 6.07) is 23.8. The van der Waals surface area contributed by atoms with Gasteiger partial charge in [0.05, 0.1) is 0 Å². The highest BCUT2D eigenvalue weighted by Gasteiger charge is 2.38. The van der Waals surface area contributed by atoms with E-state index in [9.17, 15) is 26.3 Å². The smallest absolute Gasteiger partial charge is 0.406 e. The van der Waals surface area contributed by atoms with Gasteiger partial charge in [0.15, 0.2) is 0 Å². The Morgan fingerprint density at radius 2 is 1.21 bits per heavy atom. The maximum atomic E-state index is 13.1. The van der Waals surface area contributed by atoms with Crippen molar-refractivity contribution < 1.29 is 35.8 Å². The Bertz CT molecular complexity index is 1290. The fourth-order valence-electron chi connectivity index (χ4n) is 4.49. The summed E-state index contributed by atoms with van der Waals surface area (Å²) in [7, 11) is 0. The number of nitrogens with zero attached hydrogens (tertiary/aromatic N) is 1. The molecule has 4 aromatic rings. The second-order valence-electron chi connectivity index (χ2n) is 8.86. The van der Waals surface area contributed by atoms with Crippen LogP contribution in [-0.4, -0.2) is 24.3 Å². The lowest BCUT2D eigenvalue weighted by Gasteiger charge is -2.36. The lowest BCUT2D eigenvalue weighted by Crippen LogP contribution is -2.41. The van der Waals surface area contributed by atoms with Crippen molar-refractivity contribution in [3.05, 3.63) is 126 Å². The van der Waals surface area contributed by atoms with Crippen molar-refractivity contribution in [2.75, 3.05) is 6.54 Å². The first-order chi connectivity index (χ1) is 18.5. The van der Waals surface area contributed by atoms with Crippen molar-refractivity contribution in [1.29, 1.82) is 0 Å². The van der Waals surface area contributed by atoms with E-state index in [-0.39, 0.29) is 13.0 Å². The molecule has 0 spiro atoms. The van der Waals surface area contributed by atoms with Crippen LogP contribution in [0.3, 0.4) is 0 Å². The quantitative estimate of drug-likeness (QED) is 0.214. The lowest BCUT2D eigenvalue weighted by molar-refractivity contribution is -0.275. The fourth-order valence-corrected chi connectivity index (χ4v) is 4.49. The maximum absolute atomic E-state index is 13.1. The molecule has 0 radical (unpaired) electrons. The van der Waals surface area contributed by atoms with Crippen molar-refractivity contribution in [3.8, 4) is 11.5 Å². The number of pyridine rings is 1. The highest BCUT2D eigenvalue weighted by Crippen LogP contribution is 2.40. The summed E-state index contributed by atoms with van der Waals surface area (Å²) in [5.74, 6) is -0.875. The van der Waals surface area contributed by atoms with Crippen LogP contribution in [0.15, 0.2) is 103 Å². The summed E-state index contributed by atoms with van der Waals surface area (Å²) < 4.78 is 86.8. The van der Waals surface area contributed by atoms with Gasteiger partial charge in [-0.15, -0.1) is 26.3 Å². The van der Waals surface area contributed by atoms with Crippen LogP contribution in [0, 0.1) is 0 Å². The van der Waals surface area contributed by atoms with Gasteiger partial charge < -0.3 is 14.8 Å². The van der Waals surface area contributed by atoms with Crippen LogP contribution in [0.4, 0.5) is 26.3 Å². The first-order valence-electron chi connectivity index (χ1n) is 11.9. The van der Waals surface area contributed by atoms with E-state index in [1.807, 2.05) is 36.4 Å². The zero-order chi connectivity index (χ0) is 27.9. The average Bonchev–Trinajstić information content (AvgIpc) is 2.88. The zero-order valence-electron chi connectivity index (χ0n) is 20.5. The van der Waals surface area contributed by atoms with E-state index in [2.05, 4.69) is 19.8 Å². The Hall–Kier alpha value is -4.05. The highest BCUT2D eigenvalue weighted by atomic mass is 19.4. The van der Waals surface area contributed by atoms with Crippen molar-refractivity contribution in [1.82, 2.24) is 10.3 Å². The number of hydrogen-bond donors (Lipinski definition) is 1. The molecule has 0 aliphatic carbocycles. The molecule has 1 N–H and O–H groups in total.